The SMILES string of the molecule is Clc1cnc2ccc(Cn3ccc4cncnc43)cc2c1. The lowest BCUT2D eigenvalue weighted by Crippen LogP contribution is -1.99. The molecule has 0 amide bonds. The Kier molecular flexibility index (Phi) is 2.82. The van der Waals surface area contributed by atoms with E-state index >= 15 is 0 Å². The highest BCUT2D eigenvalue weighted by atomic mass is 35.5. The molecule has 0 unspecified atom stereocenters. The first-order chi connectivity index (χ1) is 10.3. The number of hydrogen-bond acceptors (Lipinski definition) is 3. The van der Waals surface area contributed by atoms with Crippen LogP contribution in [0.25, 0.3) is 21.9 Å². The molecule has 4 rings (SSSR count). The van der Waals surface area contributed by atoms with E-state index in [9.17, 15) is 0 Å². The van der Waals surface area contributed by atoms with Crippen LogP contribution in [0.15, 0.2) is 55.2 Å². The van der Waals surface area contributed by atoms with Gasteiger partial charge >= 0.3 is 0 Å². The van der Waals surface area contributed by atoms with Crippen molar-refractivity contribution in [2.45, 2.75) is 6.54 Å². The van der Waals surface area contributed by atoms with E-state index in [1.54, 1.807) is 12.5 Å². The number of nitrogens with zero attached hydrogens (tertiary/aromatic N) is 4. The Morgan fingerprint density at radius 1 is 1.00 bits per heavy atom. The minimum absolute atomic E-state index is 0.652. The Morgan fingerprint density at radius 2 is 1.95 bits per heavy atom. The lowest BCUT2D eigenvalue weighted by molar-refractivity contribution is 0.824. The van der Waals surface area contributed by atoms with Gasteiger partial charge in [-0.25, -0.2) is 9.97 Å². The Balaban J connectivity index is 1.76. The number of aromatic nitrogens is 4. The third kappa shape index (κ3) is 2.23. The third-order valence-electron chi connectivity index (χ3n) is 3.49. The van der Waals surface area contributed by atoms with Crippen LogP contribution in [0, 0.1) is 0 Å². The van der Waals surface area contributed by atoms with E-state index in [1.807, 2.05) is 30.6 Å². The monoisotopic (exact) mass is 294 g/mol. The van der Waals surface area contributed by atoms with Crippen molar-refractivity contribution in [1.82, 2.24) is 19.5 Å². The maximum atomic E-state index is 6.01. The summed E-state index contributed by atoms with van der Waals surface area (Å²) in [5.74, 6) is 0. The van der Waals surface area contributed by atoms with Crippen LogP contribution in [0.5, 0.6) is 0 Å². The molecule has 0 saturated carbocycles. The molecule has 0 saturated heterocycles. The first-order valence-electron chi connectivity index (χ1n) is 6.59. The molecule has 0 aliphatic rings. The average molecular weight is 295 g/mol. The summed E-state index contributed by atoms with van der Waals surface area (Å²) in [4.78, 5) is 12.7. The van der Waals surface area contributed by atoms with Crippen molar-refractivity contribution in [1.29, 1.82) is 0 Å². The van der Waals surface area contributed by atoms with Crippen molar-refractivity contribution < 1.29 is 0 Å². The number of halogens is 1. The van der Waals surface area contributed by atoms with E-state index in [-0.39, 0.29) is 0 Å². The molecular weight excluding hydrogens is 284 g/mol. The molecule has 0 atom stereocenters. The van der Waals surface area contributed by atoms with Crippen molar-refractivity contribution in [3.05, 3.63) is 65.8 Å². The number of benzene rings is 1. The number of pyridine rings is 1. The first kappa shape index (κ1) is 12.3. The zero-order valence-electron chi connectivity index (χ0n) is 11.1. The van der Waals surface area contributed by atoms with E-state index in [4.69, 9.17) is 11.6 Å². The van der Waals surface area contributed by atoms with Gasteiger partial charge in [-0.2, -0.15) is 0 Å². The van der Waals surface area contributed by atoms with Crippen LogP contribution in [-0.4, -0.2) is 19.5 Å². The largest absolute Gasteiger partial charge is 0.328 e. The van der Waals surface area contributed by atoms with Gasteiger partial charge in [0.1, 0.15) is 12.0 Å². The number of hydrogen-bond donors (Lipinski definition) is 0. The normalized spacial score (nSPS) is 11.3. The summed E-state index contributed by atoms with van der Waals surface area (Å²) < 4.78 is 2.11. The molecule has 4 nitrogen and oxygen atoms in total. The molecule has 0 spiro atoms. The zero-order valence-corrected chi connectivity index (χ0v) is 11.8. The summed E-state index contributed by atoms with van der Waals surface area (Å²) >= 11 is 6.01. The fourth-order valence-corrected chi connectivity index (χ4v) is 2.68. The van der Waals surface area contributed by atoms with Crippen LogP contribution in [0.1, 0.15) is 5.56 Å². The highest BCUT2D eigenvalue weighted by Crippen LogP contribution is 2.20. The molecule has 0 fully saturated rings. The fourth-order valence-electron chi connectivity index (χ4n) is 2.51. The highest BCUT2D eigenvalue weighted by molar-refractivity contribution is 6.31. The second-order valence-corrected chi connectivity index (χ2v) is 5.36. The second kappa shape index (κ2) is 4.82. The van der Waals surface area contributed by atoms with E-state index in [0.29, 0.717) is 5.02 Å². The molecule has 102 valence electrons. The van der Waals surface area contributed by atoms with Crippen molar-refractivity contribution in [3.8, 4) is 0 Å². The minimum Gasteiger partial charge on any atom is -0.328 e. The predicted molar refractivity (Wildman–Crippen MR) is 83.4 cm³/mol. The van der Waals surface area contributed by atoms with Gasteiger partial charge in [-0.3, -0.25) is 4.98 Å². The molecule has 5 heteroatoms. The van der Waals surface area contributed by atoms with Gasteiger partial charge in [0.2, 0.25) is 0 Å². The van der Waals surface area contributed by atoms with Crippen LogP contribution in [0.2, 0.25) is 5.02 Å². The lowest BCUT2D eigenvalue weighted by atomic mass is 10.1. The summed E-state index contributed by atoms with van der Waals surface area (Å²) in [7, 11) is 0. The second-order valence-electron chi connectivity index (χ2n) is 4.93. The Bertz CT molecular complexity index is 945. The van der Waals surface area contributed by atoms with E-state index < -0.39 is 0 Å². The van der Waals surface area contributed by atoms with Gasteiger partial charge in [-0.05, 0) is 29.8 Å². The summed E-state index contributed by atoms with van der Waals surface area (Å²) in [5.41, 5.74) is 3.07. The molecule has 0 aliphatic carbocycles. The molecule has 0 radical (unpaired) electrons. The maximum absolute atomic E-state index is 6.01. The molecule has 0 bridgehead atoms. The minimum atomic E-state index is 0.652. The van der Waals surface area contributed by atoms with Crippen LogP contribution >= 0.6 is 11.6 Å². The smallest absolute Gasteiger partial charge is 0.143 e. The fraction of sp³-hybridized carbons (Fsp3) is 0.0625. The third-order valence-corrected chi connectivity index (χ3v) is 3.70. The Hall–Kier alpha value is -2.46. The number of fused-ring (bicyclic) bond motifs is 2. The first-order valence-corrected chi connectivity index (χ1v) is 6.96. The topological polar surface area (TPSA) is 43.6 Å². The van der Waals surface area contributed by atoms with Gasteiger partial charge in [-0.1, -0.05) is 17.7 Å². The Labute approximate surface area is 126 Å². The van der Waals surface area contributed by atoms with E-state index in [1.165, 1.54) is 5.56 Å². The van der Waals surface area contributed by atoms with Crippen LogP contribution in [0.4, 0.5) is 0 Å². The van der Waals surface area contributed by atoms with Crippen LogP contribution in [0.3, 0.4) is 0 Å². The Morgan fingerprint density at radius 3 is 2.90 bits per heavy atom. The van der Waals surface area contributed by atoms with Crippen LogP contribution in [-0.2, 0) is 6.54 Å². The lowest BCUT2D eigenvalue weighted by Gasteiger charge is -2.06. The van der Waals surface area contributed by atoms with Gasteiger partial charge in [-0.15, -0.1) is 0 Å². The van der Waals surface area contributed by atoms with Gasteiger partial charge < -0.3 is 4.57 Å². The van der Waals surface area contributed by atoms with Crippen molar-refractivity contribution in [2.75, 3.05) is 0 Å². The van der Waals surface area contributed by atoms with Gasteiger partial charge in [0.15, 0.2) is 0 Å². The predicted octanol–water partition coefficient (Wildman–Crippen LogP) is 3.68. The van der Waals surface area contributed by atoms with Crippen molar-refractivity contribution in [3.63, 3.8) is 0 Å². The quantitative estimate of drug-likeness (QED) is 0.566. The molecule has 1 aromatic carbocycles. The van der Waals surface area contributed by atoms with Gasteiger partial charge in [0.25, 0.3) is 0 Å². The average Bonchev–Trinajstić information content (AvgIpc) is 2.90. The molecule has 0 aliphatic heterocycles. The van der Waals surface area contributed by atoms with E-state index in [2.05, 4.69) is 31.7 Å². The molecular formula is C16H11ClN4. The summed E-state index contributed by atoms with van der Waals surface area (Å²) in [6.45, 7) is 0.753. The van der Waals surface area contributed by atoms with Gasteiger partial charge in [0, 0.05) is 35.9 Å². The van der Waals surface area contributed by atoms with Crippen LogP contribution < -0.4 is 0 Å². The highest BCUT2D eigenvalue weighted by Gasteiger charge is 2.04. The zero-order chi connectivity index (χ0) is 14.2. The van der Waals surface area contributed by atoms with E-state index in [0.717, 1.165) is 28.5 Å². The summed E-state index contributed by atoms with van der Waals surface area (Å²) in [5, 5.41) is 2.74. The van der Waals surface area contributed by atoms with Crippen molar-refractivity contribution >= 4 is 33.5 Å². The molecule has 21 heavy (non-hydrogen) atoms. The molecule has 4 aromatic rings. The molecule has 3 heterocycles. The summed E-state index contributed by atoms with van der Waals surface area (Å²) in [6, 6.07) is 10.2. The number of rotatable bonds is 2. The van der Waals surface area contributed by atoms with Crippen molar-refractivity contribution in [2.24, 2.45) is 0 Å². The standard InChI is InChI=1S/C16H11ClN4/c17-14-6-13-5-11(1-2-15(13)19-8-14)9-21-4-3-12-7-18-10-20-16(12)21/h1-8,10H,9H2. The summed E-state index contributed by atoms with van der Waals surface area (Å²) in [6.07, 6.45) is 7.09. The molecule has 3 aromatic heterocycles. The molecule has 0 N–H and O–H groups in total. The maximum Gasteiger partial charge on any atom is 0.143 e. The van der Waals surface area contributed by atoms with Gasteiger partial charge in [0.05, 0.1) is 10.5 Å².